The van der Waals surface area contributed by atoms with Crippen LogP contribution in [0.3, 0.4) is 0 Å². The minimum atomic E-state index is -0.594. The Morgan fingerprint density at radius 2 is 2.13 bits per heavy atom. The molecule has 3 aromatic heterocycles. The predicted molar refractivity (Wildman–Crippen MR) is 104 cm³/mol. The molecule has 12 nitrogen and oxygen atoms in total. The second kappa shape index (κ2) is 8.26. The summed E-state index contributed by atoms with van der Waals surface area (Å²) in [5, 5.41) is 19.1. The van der Waals surface area contributed by atoms with Crippen molar-refractivity contribution in [2.75, 3.05) is 12.3 Å². The van der Waals surface area contributed by atoms with Crippen molar-refractivity contribution in [1.29, 1.82) is 0 Å². The lowest BCUT2D eigenvalue weighted by Gasteiger charge is -2.07. The number of nitrogens with one attached hydrogen (secondary N) is 1. The Hall–Kier alpha value is -4.48. The maximum absolute atomic E-state index is 12.7. The Morgan fingerprint density at radius 1 is 1.30 bits per heavy atom. The van der Waals surface area contributed by atoms with E-state index in [1.54, 1.807) is 36.4 Å². The Morgan fingerprint density at radius 3 is 2.80 bits per heavy atom. The van der Waals surface area contributed by atoms with Crippen LogP contribution in [-0.4, -0.2) is 44.0 Å². The van der Waals surface area contributed by atoms with Crippen molar-refractivity contribution in [3.05, 3.63) is 54.1 Å². The smallest absolute Gasteiger partial charge is 0.294 e. The second-order valence-electron chi connectivity index (χ2n) is 5.84. The van der Waals surface area contributed by atoms with E-state index in [9.17, 15) is 4.79 Å². The average Bonchev–Trinajstić information content (AvgIpc) is 3.49. The summed E-state index contributed by atoms with van der Waals surface area (Å²) in [6.45, 7) is 2.42. The van der Waals surface area contributed by atoms with Crippen LogP contribution in [0.25, 0.3) is 17.1 Å². The average molecular weight is 408 g/mol. The molecular weight excluding hydrogens is 392 g/mol. The van der Waals surface area contributed by atoms with Gasteiger partial charge in [-0.05, 0) is 53.6 Å². The Bertz CT molecular complexity index is 1160. The highest BCUT2D eigenvalue weighted by atomic mass is 16.6. The van der Waals surface area contributed by atoms with E-state index in [1.807, 2.05) is 6.92 Å². The Labute approximate surface area is 169 Å². The summed E-state index contributed by atoms with van der Waals surface area (Å²) in [7, 11) is 0. The summed E-state index contributed by atoms with van der Waals surface area (Å²) >= 11 is 0. The van der Waals surface area contributed by atoms with Crippen LogP contribution in [-0.2, 0) is 0 Å². The van der Waals surface area contributed by atoms with Crippen molar-refractivity contribution in [2.24, 2.45) is 5.10 Å². The van der Waals surface area contributed by atoms with E-state index in [0.717, 1.165) is 0 Å². The first-order valence-electron chi connectivity index (χ1n) is 8.81. The van der Waals surface area contributed by atoms with Crippen molar-refractivity contribution in [2.45, 2.75) is 6.92 Å². The number of nitrogen functional groups attached to an aromatic ring is 1. The van der Waals surface area contributed by atoms with Crippen molar-refractivity contribution in [1.82, 2.24) is 30.7 Å². The normalized spacial score (nSPS) is 11.1. The number of aromatic nitrogens is 5. The second-order valence-corrected chi connectivity index (χ2v) is 5.84. The minimum absolute atomic E-state index is 0.00171. The standard InChI is InChI=1S/C18H16N8O4/c1-2-28-12-7-5-11(6-8-12)15-14(18(27)22-20-10-13-4-3-9-29-13)21-25-26(15)17-16(19)23-30-24-17/h3-10H,2H2,1H3,(H2,19,23)(H,22,27)/b20-10-. The van der Waals surface area contributed by atoms with Crippen LogP contribution in [0.4, 0.5) is 5.82 Å². The zero-order valence-electron chi connectivity index (χ0n) is 15.7. The number of nitrogens with zero attached hydrogens (tertiary/aromatic N) is 6. The highest BCUT2D eigenvalue weighted by molar-refractivity contribution is 5.98. The molecule has 12 heteroatoms. The number of anilines is 1. The van der Waals surface area contributed by atoms with Gasteiger partial charge in [0.25, 0.3) is 5.91 Å². The fourth-order valence-corrected chi connectivity index (χ4v) is 2.63. The number of furan rings is 1. The first-order chi connectivity index (χ1) is 14.7. The molecule has 0 bridgehead atoms. The first-order valence-corrected chi connectivity index (χ1v) is 8.81. The van der Waals surface area contributed by atoms with Gasteiger partial charge < -0.3 is 14.9 Å². The molecule has 3 heterocycles. The molecule has 4 aromatic rings. The van der Waals surface area contributed by atoms with Crippen LogP contribution in [0.2, 0.25) is 0 Å². The molecule has 0 aliphatic carbocycles. The third-order valence-corrected chi connectivity index (χ3v) is 3.92. The van der Waals surface area contributed by atoms with E-state index >= 15 is 0 Å². The van der Waals surface area contributed by atoms with Gasteiger partial charge in [0.1, 0.15) is 17.2 Å². The Kier molecular flexibility index (Phi) is 5.19. The number of rotatable bonds is 7. The zero-order chi connectivity index (χ0) is 20.9. The summed E-state index contributed by atoms with van der Waals surface area (Å²) in [6.07, 6.45) is 2.85. The predicted octanol–water partition coefficient (Wildman–Crippen LogP) is 1.66. The summed E-state index contributed by atoms with van der Waals surface area (Å²) in [5.41, 5.74) is 9.12. The lowest BCUT2D eigenvalue weighted by atomic mass is 10.1. The molecule has 0 saturated heterocycles. The summed E-state index contributed by atoms with van der Waals surface area (Å²) in [4.78, 5) is 12.7. The molecule has 3 N–H and O–H groups in total. The molecule has 152 valence electrons. The van der Waals surface area contributed by atoms with E-state index in [1.165, 1.54) is 17.2 Å². The molecule has 4 rings (SSSR count). The quantitative estimate of drug-likeness (QED) is 0.342. The van der Waals surface area contributed by atoms with Crippen LogP contribution in [0.5, 0.6) is 5.75 Å². The van der Waals surface area contributed by atoms with E-state index in [2.05, 4.69) is 35.8 Å². The number of nitrogens with two attached hydrogens (primary N) is 1. The summed E-state index contributed by atoms with van der Waals surface area (Å²) in [6, 6.07) is 10.4. The van der Waals surface area contributed by atoms with Crippen molar-refractivity contribution in [3.8, 4) is 22.8 Å². The van der Waals surface area contributed by atoms with E-state index in [4.69, 9.17) is 14.9 Å². The number of ether oxygens (including phenoxy) is 1. The van der Waals surface area contributed by atoms with E-state index < -0.39 is 5.91 Å². The molecule has 0 radical (unpaired) electrons. The molecule has 0 fully saturated rings. The highest BCUT2D eigenvalue weighted by Gasteiger charge is 2.25. The molecule has 0 aliphatic heterocycles. The Balaban J connectivity index is 1.70. The monoisotopic (exact) mass is 408 g/mol. The third kappa shape index (κ3) is 3.73. The maximum atomic E-state index is 12.7. The maximum Gasteiger partial charge on any atom is 0.294 e. The highest BCUT2D eigenvalue weighted by Crippen LogP contribution is 2.28. The number of benzene rings is 1. The van der Waals surface area contributed by atoms with Crippen molar-refractivity contribution in [3.63, 3.8) is 0 Å². The summed E-state index contributed by atoms with van der Waals surface area (Å²) in [5.74, 6) is 0.659. The lowest BCUT2D eigenvalue weighted by Crippen LogP contribution is -2.19. The van der Waals surface area contributed by atoms with Gasteiger partial charge in [-0.3, -0.25) is 4.79 Å². The van der Waals surface area contributed by atoms with Crippen LogP contribution in [0, 0.1) is 0 Å². The fraction of sp³-hybridized carbons (Fsp3) is 0.111. The number of hydrogen-bond acceptors (Lipinski definition) is 10. The van der Waals surface area contributed by atoms with Crippen LogP contribution >= 0.6 is 0 Å². The lowest BCUT2D eigenvalue weighted by molar-refractivity contribution is 0.0950. The largest absolute Gasteiger partial charge is 0.494 e. The van der Waals surface area contributed by atoms with Gasteiger partial charge in [-0.2, -0.15) is 9.78 Å². The van der Waals surface area contributed by atoms with Gasteiger partial charge in [0.15, 0.2) is 5.69 Å². The van der Waals surface area contributed by atoms with Crippen LogP contribution < -0.4 is 15.9 Å². The molecule has 0 aliphatic rings. The fourth-order valence-electron chi connectivity index (χ4n) is 2.63. The third-order valence-electron chi connectivity index (χ3n) is 3.92. The van der Waals surface area contributed by atoms with E-state index in [0.29, 0.717) is 29.4 Å². The van der Waals surface area contributed by atoms with E-state index in [-0.39, 0.29) is 17.3 Å². The molecular formula is C18H16N8O4. The van der Waals surface area contributed by atoms with Gasteiger partial charge in [0.05, 0.1) is 19.1 Å². The number of hydrazone groups is 1. The summed E-state index contributed by atoms with van der Waals surface area (Å²) < 4.78 is 16.5. The number of hydrogen-bond donors (Lipinski definition) is 2. The van der Waals surface area contributed by atoms with Crippen molar-refractivity contribution < 1.29 is 18.6 Å². The van der Waals surface area contributed by atoms with Gasteiger partial charge in [-0.15, -0.1) is 5.10 Å². The molecule has 0 unspecified atom stereocenters. The SMILES string of the molecule is CCOc1ccc(-c2c(C(=O)N/N=C\c3ccco3)nnn2-c2nonc2N)cc1. The van der Waals surface area contributed by atoms with Crippen LogP contribution in [0.15, 0.2) is 56.8 Å². The molecule has 0 saturated carbocycles. The van der Waals surface area contributed by atoms with Gasteiger partial charge >= 0.3 is 0 Å². The minimum Gasteiger partial charge on any atom is -0.494 e. The molecule has 30 heavy (non-hydrogen) atoms. The number of carbonyl (C=O) groups excluding carboxylic acids is 1. The van der Waals surface area contributed by atoms with Gasteiger partial charge in [-0.1, -0.05) is 5.21 Å². The van der Waals surface area contributed by atoms with Crippen molar-refractivity contribution >= 4 is 17.9 Å². The van der Waals surface area contributed by atoms with Gasteiger partial charge in [-0.25, -0.2) is 10.1 Å². The number of amides is 1. The molecule has 0 spiro atoms. The van der Waals surface area contributed by atoms with Crippen LogP contribution in [0.1, 0.15) is 23.2 Å². The molecule has 0 atom stereocenters. The first kappa shape index (κ1) is 18.9. The molecule has 1 amide bonds. The number of carbonyl (C=O) groups is 1. The zero-order valence-corrected chi connectivity index (χ0v) is 15.7. The van der Waals surface area contributed by atoms with Gasteiger partial charge in [0.2, 0.25) is 11.6 Å². The molecule has 1 aromatic carbocycles. The van der Waals surface area contributed by atoms with Gasteiger partial charge in [0, 0.05) is 5.56 Å². The topological polar surface area (TPSA) is 159 Å².